The van der Waals surface area contributed by atoms with Crippen LogP contribution in [0.15, 0.2) is 24.4 Å². The number of nitrogens with zero attached hydrogens (tertiary/aromatic N) is 1. The van der Waals surface area contributed by atoms with E-state index in [0.717, 1.165) is 36.8 Å². The van der Waals surface area contributed by atoms with Crippen LogP contribution in [0.1, 0.15) is 38.7 Å². The van der Waals surface area contributed by atoms with Crippen LogP contribution >= 0.6 is 0 Å². The molecule has 144 valence electrons. The largest absolute Gasteiger partial charge is 0.450 e. The van der Waals surface area contributed by atoms with Gasteiger partial charge in [-0.3, -0.25) is 0 Å². The first-order valence-electron chi connectivity index (χ1n) is 8.94. The predicted octanol–water partition coefficient (Wildman–Crippen LogP) is 4.11. The molecule has 0 spiro atoms. The van der Waals surface area contributed by atoms with Crippen molar-refractivity contribution in [3.8, 4) is 0 Å². The maximum absolute atomic E-state index is 13.5. The van der Waals surface area contributed by atoms with E-state index in [-0.39, 0.29) is 19.3 Å². The first-order valence-corrected chi connectivity index (χ1v) is 8.94. The van der Waals surface area contributed by atoms with E-state index in [9.17, 15) is 9.18 Å². The average molecular weight is 363 g/mol. The van der Waals surface area contributed by atoms with Gasteiger partial charge in [-0.15, -0.1) is 0 Å². The summed E-state index contributed by atoms with van der Waals surface area (Å²) in [6.07, 6.45) is 3.72. The molecule has 6 heteroatoms. The van der Waals surface area contributed by atoms with E-state index >= 15 is 0 Å². The minimum absolute atomic E-state index is 0. The lowest BCUT2D eigenvalue weighted by Gasteiger charge is -2.16. The lowest BCUT2D eigenvalue weighted by molar-refractivity contribution is 0.151. The Labute approximate surface area is 154 Å². The summed E-state index contributed by atoms with van der Waals surface area (Å²) in [5.41, 5.74) is 2.23. The minimum Gasteiger partial charge on any atom is -0.450 e. The zero-order chi connectivity index (χ0) is 17.8. The number of ether oxygens (including phenoxy) is 1. The molecule has 0 saturated heterocycles. The molecule has 1 aromatic heterocycles. The second kappa shape index (κ2) is 9.03. The topological polar surface area (TPSA) is 57.4 Å². The first-order chi connectivity index (χ1) is 12.1. The van der Waals surface area contributed by atoms with Gasteiger partial charge in [0.1, 0.15) is 5.82 Å². The summed E-state index contributed by atoms with van der Waals surface area (Å²) in [5.74, 6) is 0.942. The van der Waals surface area contributed by atoms with Crippen LogP contribution < -0.4 is 5.32 Å². The third kappa shape index (κ3) is 4.97. The highest BCUT2D eigenvalue weighted by Gasteiger charge is 2.40. The number of amides is 1. The number of benzene rings is 1. The average Bonchev–Trinajstić information content (AvgIpc) is 3.20. The lowest BCUT2D eigenvalue weighted by atomic mass is 10.1. The summed E-state index contributed by atoms with van der Waals surface area (Å²) in [7, 11) is 2.11. The Kier molecular flexibility index (Phi) is 7.03. The van der Waals surface area contributed by atoms with Crippen LogP contribution in [0, 0.1) is 11.7 Å². The van der Waals surface area contributed by atoms with Crippen LogP contribution in [0.25, 0.3) is 10.9 Å². The number of aromatic amines is 1. The van der Waals surface area contributed by atoms with Crippen molar-refractivity contribution in [2.24, 2.45) is 5.92 Å². The van der Waals surface area contributed by atoms with Gasteiger partial charge in [-0.2, -0.15) is 0 Å². The summed E-state index contributed by atoms with van der Waals surface area (Å²) in [5, 5.41) is 3.75. The van der Waals surface area contributed by atoms with Crippen molar-refractivity contribution in [2.45, 2.75) is 33.1 Å². The molecule has 1 amide bonds. The molecule has 2 unspecified atom stereocenters. The Morgan fingerprint density at radius 3 is 3.04 bits per heavy atom. The Morgan fingerprint density at radius 1 is 1.46 bits per heavy atom. The molecule has 0 radical (unpaired) electrons. The maximum Gasteiger partial charge on any atom is 0.407 e. The van der Waals surface area contributed by atoms with E-state index in [1.807, 2.05) is 6.20 Å². The predicted molar refractivity (Wildman–Crippen MR) is 103 cm³/mol. The summed E-state index contributed by atoms with van der Waals surface area (Å²) in [6, 6.07) is 4.92. The normalized spacial score (nSPS) is 18.6. The van der Waals surface area contributed by atoms with Crippen molar-refractivity contribution in [3.63, 3.8) is 0 Å². The quantitative estimate of drug-likeness (QED) is 0.694. The molecule has 1 aliphatic carbocycles. The molecular weight excluding hydrogens is 333 g/mol. The Bertz CT molecular complexity index is 731. The number of H-pyrrole nitrogens is 1. The van der Waals surface area contributed by atoms with Gasteiger partial charge in [-0.25, -0.2) is 9.18 Å². The molecule has 2 aromatic rings. The number of carbonyl (C=O) groups excluding carboxylic acids is 1. The fourth-order valence-electron chi connectivity index (χ4n) is 3.46. The SMILES string of the molecule is C.CCOC(=O)NCCCN(C)CC1CC1c1c[nH]c2ccc(F)cc12. The molecule has 1 heterocycles. The van der Waals surface area contributed by atoms with Gasteiger partial charge >= 0.3 is 6.09 Å². The first kappa shape index (κ1) is 20.2. The second-order valence-electron chi connectivity index (χ2n) is 6.80. The zero-order valence-corrected chi connectivity index (χ0v) is 14.8. The molecule has 1 saturated carbocycles. The highest BCUT2D eigenvalue weighted by atomic mass is 19.1. The number of nitrogens with one attached hydrogen (secondary N) is 2. The van der Waals surface area contributed by atoms with Crippen LogP contribution in [0.5, 0.6) is 0 Å². The molecule has 1 aromatic carbocycles. The van der Waals surface area contributed by atoms with E-state index in [1.54, 1.807) is 19.1 Å². The number of alkyl carbamates (subject to hydrolysis) is 1. The summed E-state index contributed by atoms with van der Waals surface area (Å²) >= 11 is 0. The number of carbonyl (C=O) groups is 1. The number of hydrogen-bond acceptors (Lipinski definition) is 3. The summed E-state index contributed by atoms with van der Waals surface area (Å²) in [4.78, 5) is 16.7. The fraction of sp³-hybridized carbons (Fsp3) is 0.550. The molecule has 1 fully saturated rings. The van der Waals surface area contributed by atoms with Gasteiger partial charge in [0.2, 0.25) is 0 Å². The van der Waals surface area contributed by atoms with Gasteiger partial charge < -0.3 is 19.9 Å². The second-order valence-corrected chi connectivity index (χ2v) is 6.80. The number of rotatable bonds is 8. The third-order valence-corrected chi connectivity index (χ3v) is 4.81. The van der Waals surface area contributed by atoms with Gasteiger partial charge in [0, 0.05) is 30.2 Å². The Balaban J connectivity index is 0.00000243. The Hall–Kier alpha value is -2.08. The fourth-order valence-corrected chi connectivity index (χ4v) is 3.46. The molecular formula is C20H30FN3O2. The molecule has 3 rings (SSSR count). The number of hydrogen-bond donors (Lipinski definition) is 2. The highest BCUT2D eigenvalue weighted by Crippen LogP contribution is 2.49. The van der Waals surface area contributed by atoms with E-state index in [0.29, 0.717) is 25.0 Å². The molecule has 0 bridgehead atoms. The Morgan fingerprint density at radius 2 is 2.27 bits per heavy atom. The van der Waals surface area contributed by atoms with Gasteiger partial charge in [0.05, 0.1) is 6.61 Å². The van der Waals surface area contributed by atoms with E-state index in [1.165, 1.54) is 11.6 Å². The van der Waals surface area contributed by atoms with Crippen LogP contribution in [0.3, 0.4) is 0 Å². The van der Waals surface area contributed by atoms with Crippen molar-refractivity contribution in [1.29, 1.82) is 0 Å². The smallest absolute Gasteiger partial charge is 0.407 e. The van der Waals surface area contributed by atoms with E-state index < -0.39 is 0 Å². The van der Waals surface area contributed by atoms with Gasteiger partial charge in [-0.1, -0.05) is 7.43 Å². The highest BCUT2D eigenvalue weighted by molar-refractivity contribution is 5.84. The van der Waals surface area contributed by atoms with Crippen LogP contribution in [-0.4, -0.2) is 49.3 Å². The minimum atomic E-state index is -0.348. The van der Waals surface area contributed by atoms with E-state index in [2.05, 4.69) is 22.2 Å². The van der Waals surface area contributed by atoms with Crippen LogP contribution in [0.2, 0.25) is 0 Å². The zero-order valence-electron chi connectivity index (χ0n) is 14.8. The van der Waals surface area contributed by atoms with Crippen LogP contribution in [-0.2, 0) is 4.74 Å². The number of aromatic nitrogens is 1. The van der Waals surface area contributed by atoms with E-state index in [4.69, 9.17) is 4.74 Å². The lowest BCUT2D eigenvalue weighted by Crippen LogP contribution is -2.29. The van der Waals surface area contributed by atoms with Crippen molar-refractivity contribution in [2.75, 3.05) is 33.3 Å². The van der Waals surface area contributed by atoms with Gasteiger partial charge in [0.15, 0.2) is 0 Å². The standard InChI is InChI=1S/C19H26FN3O2.CH4/c1-3-25-19(24)21-7-4-8-23(2)12-13-9-15(13)17-11-22-18-6-5-14(20)10-16(17)18;/h5-6,10-11,13,15,22H,3-4,7-9,12H2,1-2H3,(H,21,24);1H4. The molecule has 26 heavy (non-hydrogen) atoms. The maximum atomic E-state index is 13.5. The molecule has 2 N–H and O–H groups in total. The summed E-state index contributed by atoms with van der Waals surface area (Å²) < 4.78 is 18.3. The number of halogens is 1. The molecule has 1 aliphatic rings. The monoisotopic (exact) mass is 363 g/mol. The van der Waals surface area contributed by atoms with Crippen LogP contribution in [0.4, 0.5) is 9.18 Å². The number of fused-ring (bicyclic) bond motifs is 1. The van der Waals surface area contributed by atoms with Crippen molar-refractivity contribution in [3.05, 3.63) is 35.8 Å². The van der Waals surface area contributed by atoms with Crippen molar-refractivity contribution >= 4 is 17.0 Å². The molecule has 2 atom stereocenters. The van der Waals surface area contributed by atoms with Gasteiger partial charge in [0.25, 0.3) is 0 Å². The third-order valence-electron chi connectivity index (χ3n) is 4.81. The molecule has 0 aliphatic heterocycles. The van der Waals surface area contributed by atoms with Gasteiger partial charge in [-0.05, 0) is 69.0 Å². The van der Waals surface area contributed by atoms with Crippen molar-refractivity contribution < 1.29 is 13.9 Å². The van der Waals surface area contributed by atoms with Crippen molar-refractivity contribution in [1.82, 2.24) is 15.2 Å². The summed E-state index contributed by atoms with van der Waals surface area (Å²) in [6.45, 7) is 4.76. The molecule has 5 nitrogen and oxygen atoms in total.